The fourth-order valence-electron chi connectivity index (χ4n) is 12.3. The predicted octanol–water partition coefficient (Wildman–Crippen LogP) is 26.2. The number of hydrogen-bond donors (Lipinski definition) is 0. The van der Waals surface area contributed by atoms with Gasteiger partial charge < -0.3 is 10.2 Å². The zero-order chi connectivity index (χ0) is 60.4. The van der Waals surface area contributed by atoms with Gasteiger partial charge in [-0.1, -0.05) is 372 Å². The van der Waals surface area contributed by atoms with E-state index in [-0.39, 0.29) is 28.0 Å². The van der Waals surface area contributed by atoms with Crippen molar-refractivity contribution in [2.45, 2.75) is 388 Å². The summed E-state index contributed by atoms with van der Waals surface area (Å²) in [6, 6.07) is 21.4. The molecular weight excluding hydrogens is 1080 g/mol. The Labute approximate surface area is 539 Å². The molecule has 0 amide bonds. The van der Waals surface area contributed by atoms with Gasteiger partial charge in [0.2, 0.25) is 0 Å². The Morgan fingerprint density at radius 1 is 0.282 bits per heavy atom. The van der Waals surface area contributed by atoms with Crippen LogP contribution < -0.4 is 10.2 Å². The molecule has 0 aromatic heterocycles. The first-order chi connectivity index (χ1) is 41.4. The molecule has 0 unspecified atom stereocenters. The number of nitrogens with zero attached hydrogens (tertiary/aromatic N) is 2. The Hall–Kier alpha value is -2.91. The molecule has 0 saturated heterocycles. The summed E-state index contributed by atoms with van der Waals surface area (Å²) in [5.41, 5.74) is 9.13. The Kier molecular flexibility index (Phi) is 56.6. The van der Waals surface area contributed by atoms with Gasteiger partial charge in [0.05, 0.1) is 22.8 Å². The molecule has 488 valence electrons. The van der Waals surface area contributed by atoms with Crippen LogP contribution in [0.2, 0.25) is 0 Å². The van der Waals surface area contributed by atoms with Crippen molar-refractivity contribution in [3.63, 3.8) is 0 Å². The van der Waals surface area contributed by atoms with E-state index in [2.05, 4.69) is 83.1 Å². The third-order valence-corrected chi connectivity index (χ3v) is 17.8. The minimum absolute atomic E-state index is 0. The minimum Gasteiger partial charge on any atom is -0.873 e. The van der Waals surface area contributed by atoms with Gasteiger partial charge in [-0.3, -0.25) is 9.98 Å². The van der Waals surface area contributed by atoms with Crippen LogP contribution in [0.25, 0.3) is 0 Å². The van der Waals surface area contributed by atoms with Gasteiger partial charge in [0.25, 0.3) is 0 Å². The van der Waals surface area contributed by atoms with E-state index in [1.54, 1.807) is 6.07 Å². The summed E-state index contributed by atoms with van der Waals surface area (Å²) in [6.45, 7) is 13.2. The van der Waals surface area contributed by atoms with E-state index in [4.69, 9.17) is 9.98 Å². The van der Waals surface area contributed by atoms with Crippen LogP contribution >= 0.6 is 0 Å². The average Bonchev–Trinajstić information content (AvgIpc) is 3.64. The maximum atomic E-state index is 11.5. The van der Waals surface area contributed by atoms with Gasteiger partial charge in [0.15, 0.2) is 0 Å². The number of unbranched alkanes of at least 4 members (excludes halogenated alkanes) is 43. The Morgan fingerprint density at radius 3 is 0.847 bits per heavy atom. The molecule has 3 aromatic carbocycles. The van der Waals surface area contributed by atoms with Crippen molar-refractivity contribution in [3.05, 3.63) is 82.9 Å². The largest absolute Gasteiger partial charge is 2.00 e. The van der Waals surface area contributed by atoms with Crippen molar-refractivity contribution in [2.75, 3.05) is 0 Å². The number of aryl methyl sites for hydroxylation is 3. The Bertz CT molecular complexity index is 1950. The summed E-state index contributed by atoms with van der Waals surface area (Å²) in [4.78, 5) is 10.4. The van der Waals surface area contributed by atoms with Crippen molar-refractivity contribution in [3.8, 4) is 11.5 Å². The van der Waals surface area contributed by atoms with Crippen LogP contribution in [0, 0.1) is 0 Å². The maximum Gasteiger partial charge on any atom is 2.00 e. The molecule has 0 aliphatic carbocycles. The number of rotatable bonds is 57. The monoisotopic (exact) mass is 1210 g/mol. The molecule has 0 atom stereocenters. The quantitative estimate of drug-likeness (QED) is 0.0321. The van der Waals surface area contributed by atoms with Gasteiger partial charge in [0, 0.05) is 0 Å². The zero-order valence-corrected chi connectivity index (χ0v) is 58.0. The van der Waals surface area contributed by atoms with E-state index >= 15 is 0 Å². The number of aliphatic imine (C=N–C) groups is 2. The average molecular weight is 1220 g/mol. The second-order valence-electron chi connectivity index (χ2n) is 25.8. The minimum atomic E-state index is -0.367. The van der Waals surface area contributed by atoms with Gasteiger partial charge >= 0.3 is 16.5 Å². The summed E-state index contributed by atoms with van der Waals surface area (Å²) in [6.07, 6.45) is 73.5. The molecule has 0 aliphatic heterocycles. The van der Waals surface area contributed by atoms with E-state index < -0.39 is 0 Å². The summed E-state index contributed by atoms with van der Waals surface area (Å²) in [7, 11) is 0. The fourth-order valence-corrected chi connectivity index (χ4v) is 12.3. The van der Waals surface area contributed by atoms with Gasteiger partial charge in [-0.05, 0) is 98.7 Å². The molecule has 0 N–H and O–H groups in total. The van der Waals surface area contributed by atoms with Crippen molar-refractivity contribution in [1.82, 2.24) is 0 Å². The van der Waals surface area contributed by atoms with Crippen LogP contribution in [-0.4, -0.2) is 11.4 Å². The molecule has 3 rings (SSSR count). The molecule has 0 heterocycles. The molecular formula is C80H136N2NiO2. The topological polar surface area (TPSA) is 70.8 Å². The Morgan fingerprint density at radius 2 is 0.565 bits per heavy atom. The number of benzene rings is 3. The molecule has 0 aliphatic rings. The fraction of sp³-hybridized carbons (Fsp3) is 0.750. The first-order valence-corrected chi connectivity index (χ1v) is 37.2. The Balaban J connectivity index is 0.00000210. The molecule has 0 fully saturated rings. The second kappa shape index (κ2) is 60.0. The van der Waals surface area contributed by atoms with Crippen LogP contribution in [0.4, 0.5) is 11.4 Å². The van der Waals surface area contributed by atoms with Crippen molar-refractivity contribution in [1.29, 1.82) is 0 Å². The zero-order valence-electron chi connectivity index (χ0n) is 57.0. The van der Waals surface area contributed by atoms with E-state index in [9.17, 15) is 10.2 Å². The molecule has 0 bridgehead atoms. The molecule has 0 radical (unpaired) electrons. The first-order valence-electron chi connectivity index (χ1n) is 37.2. The molecule has 3 aromatic rings. The SMILES string of the molecule is CCCCCCCCCCCCCCCCCCCCCCCCc1ccc(N=C(CC)C(CCCC)=Nc2ccc(CCCCCCCCCCCCCCCCCCCCCCCC)cc2)cc1.CCCc1ccc([O-])c([O-])c1CCC.[Ni+2]. The number of hydrogen-bond acceptors (Lipinski definition) is 4. The third-order valence-electron chi connectivity index (χ3n) is 17.8. The van der Waals surface area contributed by atoms with Crippen LogP contribution in [0.1, 0.15) is 385 Å². The molecule has 5 heteroatoms. The first kappa shape index (κ1) is 80.1. The van der Waals surface area contributed by atoms with E-state index in [1.165, 1.54) is 319 Å². The van der Waals surface area contributed by atoms with E-state index in [0.29, 0.717) is 0 Å². The third kappa shape index (κ3) is 45.1. The van der Waals surface area contributed by atoms with E-state index in [0.717, 1.165) is 78.9 Å². The van der Waals surface area contributed by atoms with Gasteiger partial charge in [0.1, 0.15) is 0 Å². The summed E-state index contributed by atoms with van der Waals surface area (Å²) >= 11 is 0. The van der Waals surface area contributed by atoms with Crippen LogP contribution in [0.3, 0.4) is 0 Å². The van der Waals surface area contributed by atoms with Crippen LogP contribution in [0.15, 0.2) is 70.6 Å². The predicted molar refractivity (Wildman–Crippen MR) is 372 cm³/mol. The smallest absolute Gasteiger partial charge is 0.873 e. The summed E-state index contributed by atoms with van der Waals surface area (Å²) in [5, 5.41) is 22.7. The summed E-state index contributed by atoms with van der Waals surface area (Å²) in [5.74, 6) is -0.661. The molecule has 0 saturated carbocycles. The van der Waals surface area contributed by atoms with Gasteiger partial charge in [-0.15, -0.1) is 11.5 Å². The maximum absolute atomic E-state index is 11.5. The van der Waals surface area contributed by atoms with Crippen LogP contribution in [-0.2, 0) is 42.2 Å². The summed E-state index contributed by atoms with van der Waals surface area (Å²) < 4.78 is 0. The van der Waals surface area contributed by atoms with Crippen molar-refractivity contribution in [2.24, 2.45) is 9.98 Å². The van der Waals surface area contributed by atoms with Gasteiger partial charge in [-0.2, -0.15) is 0 Å². The van der Waals surface area contributed by atoms with Gasteiger partial charge in [-0.25, -0.2) is 0 Å². The molecule has 4 nitrogen and oxygen atoms in total. The molecule has 85 heavy (non-hydrogen) atoms. The standard InChI is InChI=1S/C68H120N2.C12H18O2.Ni/c1-5-9-12-14-16-18-20-22-24-26-28-30-32-34-36-38-40-42-44-46-48-50-52-63-55-59-65(60-56-63)69-67(8-4)68(54-11-7-3)70-66-61-57-64(58-62-66)53-51-49-47-45-43-41-39-37-35-33-31-29-27-25-23-21-19-17-15-13-10-6-2;1-3-5-9-7-8-11(13)12(14)10(9)6-4-2;/h55-62H,5-54H2,1-4H3;7-8,13-14H,3-6H2,1-2H3;/q;;+2/p-2. The van der Waals surface area contributed by atoms with Crippen LogP contribution in [0.5, 0.6) is 11.5 Å². The normalized spacial score (nSPS) is 11.7. The van der Waals surface area contributed by atoms with E-state index in [1.807, 2.05) is 6.92 Å². The van der Waals surface area contributed by atoms with Crippen molar-refractivity contribution < 1.29 is 26.7 Å². The van der Waals surface area contributed by atoms with Crippen molar-refractivity contribution >= 4 is 22.8 Å². The second-order valence-corrected chi connectivity index (χ2v) is 25.8. The molecule has 0 spiro atoms.